The molecule has 1 heterocycles. The summed E-state index contributed by atoms with van der Waals surface area (Å²) in [7, 11) is 0. The fraction of sp³-hybridized carbons (Fsp3) is 0.333. The quantitative estimate of drug-likeness (QED) is 0.416. The maximum Gasteiger partial charge on any atom is 0.270 e. The Balaban J connectivity index is 1.50. The Kier molecular flexibility index (Phi) is 6.37. The summed E-state index contributed by atoms with van der Waals surface area (Å²) in [6.45, 7) is 1.17. The van der Waals surface area contributed by atoms with Gasteiger partial charge in [0.2, 0.25) is 0 Å². The van der Waals surface area contributed by atoms with Crippen molar-refractivity contribution in [1.29, 1.82) is 0 Å². The molecule has 2 aromatic rings. The number of piperidine rings is 1. The monoisotopic (exact) mass is 382 g/mol. The van der Waals surface area contributed by atoms with E-state index in [1.165, 1.54) is 17.7 Å². The third-order valence-corrected chi connectivity index (χ3v) is 5.02. The zero-order valence-corrected chi connectivity index (χ0v) is 15.5. The van der Waals surface area contributed by atoms with Gasteiger partial charge in [-0.3, -0.25) is 19.7 Å². The molecule has 0 aromatic heterocycles. The molecular formula is C21H22N2O5. The molecule has 1 saturated heterocycles. The van der Waals surface area contributed by atoms with E-state index in [0.717, 1.165) is 25.3 Å². The summed E-state index contributed by atoms with van der Waals surface area (Å²) >= 11 is 0. The van der Waals surface area contributed by atoms with Crippen molar-refractivity contribution < 1.29 is 19.2 Å². The van der Waals surface area contributed by atoms with Crippen LogP contribution >= 0.6 is 0 Å². The fourth-order valence-electron chi connectivity index (χ4n) is 3.44. The molecule has 0 atom stereocenters. The summed E-state index contributed by atoms with van der Waals surface area (Å²) < 4.78 is 5.46. The Hall–Kier alpha value is -3.22. The van der Waals surface area contributed by atoms with E-state index < -0.39 is 4.92 Å². The van der Waals surface area contributed by atoms with Gasteiger partial charge in [0.1, 0.15) is 5.75 Å². The molecule has 146 valence electrons. The Labute approximate surface area is 163 Å². The molecule has 0 bridgehead atoms. The van der Waals surface area contributed by atoms with Crippen LogP contribution in [0.5, 0.6) is 5.75 Å². The summed E-state index contributed by atoms with van der Waals surface area (Å²) in [6, 6.07) is 14.1. The second-order valence-corrected chi connectivity index (χ2v) is 6.90. The number of ether oxygens (including phenoxy) is 1. The van der Waals surface area contributed by atoms with Gasteiger partial charge >= 0.3 is 0 Å². The van der Waals surface area contributed by atoms with Crippen LogP contribution < -0.4 is 4.74 Å². The molecule has 1 amide bonds. The molecule has 0 N–H and O–H groups in total. The third-order valence-electron chi connectivity index (χ3n) is 5.02. The molecule has 7 nitrogen and oxygen atoms in total. The molecule has 3 rings (SSSR count). The molecule has 1 fully saturated rings. The largest absolute Gasteiger partial charge is 0.483 e. The van der Waals surface area contributed by atoms with Crippen LogP contribution in [-0.4, -0.2) is 41.7 Å². The van der Waals surface area contributed by atoms with Crippen molar-refractivity contribution >= 4 is 17.9 Å². The lowest BCUT2D eigenvalue weighted by Gasteiger charge is -2.32. The van der Waals surface area contributed by atoms with Crippen LogP contribution in [0.15, 0.2) is 48.5 Å². The van der Waals surface area contributed by atoms with Crippen molar-refractivity contribution in [3.8, 4) is 5.75 Å². The molecule has 0 aliphatic carbocycles. The molecule has 0 unspecified atom stereocenters. The summed E-state index contributed by atoms with van der Waals surface area (Å²) in [5.41, 5.74) is 1.18. The average molecular weight is 382 g/mol. The van der Waals surface area contributed by atoms with E-state index in [1.807, 2.05) is 18.2 Å². The first kappa shape index (κ1) is 19.5. The second-order valence-electron chi connectivity index (χ2n) is 6.90. The lowest BCUT2D eigenvalue weighted by Crippen LogP contribution is -2.41. The molecule has 0 radical (unpaired) electrons. The van der Waals surface area contributed by atoms with E-state index in [1.54, 1.807) is 4.90 Å². The van der Waals surface area contributed by atoms with Crippen LogP contribution in [0.4, 0.5) is 5.69 Å². The second kappa shape index (κ2) is 9.12. The Morgan fingerprint density at radius 3 is 2.54 bits per heavy atom. The minimum Gasteiger partial charge on any atom is -0.483 e. The predicted octanol–water partition coefficient (Wildman–Crippen LogP) is 3.27. The molecule has 28 heavy (non-hydrogen) atoms. The maximum atomic E-state index is 12.4. The van der Waals surface area contributed by atoms with Gasteiger partial charge in [0, 0.05) is 25.2 Å². The van der Waals surface area contributed by atoms with Crippen molar-refractivity contribution in [2.45, 2.75) is 19.3 Å². The van der Waals surface area contributed by atoms with E-state index in [9.17, 15) is 19.7 Å². The van der Waals surface area contributed by atoms with Gasteiger partial charge in [-0.15, -0.1) is 0 Å². The Morgan fingerprint density at radius 1 is 1.18 bits per heavy atom. The van der Waals surface area contributed by atoms with Crippen LogP contribution in [0.1, 0.15) is 28.8 Å². The van der Waals surface area contributed by atoms with Crippen molar-refractivity contribution in [3.63, 3.8) is 0 Å². The van der Waals surface area contributed by atoms with Crippen molar-refractivity contribution in [2.24, 2.45) is 5.92 Å². The number of nitrogens with zero attached hydrogens (tertiary/aromatic N) is 2. The Morgan fingerprint density at radius 2 is 1.89 bits per heavy atom. The van der Waals surface area contributed by atoms with Crippen LogP contribution in [0, 0.1) is 16.0 Å². The van der Waals surface area contributed by atoms with Gasteiger partial charge in [0.25, 0.3) is 11.6 Å². The summed E-state index contributed by atoms with van der Waals surface area (Å²) in [5, 5.41) is 10.8. The first-order valence-electron chi connectivity index (χ1n) is 9.25. The number of hydrogen-bond acceptors (Lipinski definition) is 5. The lowest BCUT2D eigenvalue weighted by atomic mass is 9.90. The van der Waals surface area contributed by atoms with E-state index in [4.69, 9.17) is 4.74 Å². The van der Waals surface area contributed by atoms with Gasteiger partial charge < -0.3 is 9.64 Å². The van der Waals surface area contributed by atoms with Crippen LogP contribution in [0.25, 0.3) is 0 Å². The summed E-state index contributed by atoms with van der Waals surface area (Å²) in [4.78, 5) is 35.5. The molecule has 0 spiro atoms. The predicted molar refractivity (Wildman–Crippen MR) is 103 cm³/mol. The number of rotatable bonds is 7. The minimum absolute atomic E-state index is 0.0589. The molecule has 1 aliphatic rings. The highest BCUT2D eigenvalue weighted by atomic mass is 16.6. The van der Waals surface area contributed by atoms with E-state index in [2.05, 4.69) is 12.1 Å². The number of nitro groups is 1. The third kappa shape index (κ3) is 4.94. The fourth-order valence-corrected chi connectivity index (χ4v) is 3.44. The number of nitro benzene ring substituents is 1. The number of amides is 1. The van der Waals surface area contributed by atoms with E-state index in [-0.39, 0.29) is 29.5 Å². The highest BCUT2D eigenvalue weighted by Gasteiger charge is 2.23. The van der Waals surface area contributed by atoms with Gasteiger partial charge in [-0.2, -0.15) is 0 Å². The highest BCUT2D eigenvalue weighted by Crippen LogP contribution is 2.24. The topological polar surface area (TPSA) is 89.7 Å². The van der Waals surface area contributed by atoms with Crippen molar-refractivity contribution in [1.82, 2.24) is 4.90 Å². The van der Waals surface area contributed by atoms with Gasteiger partial charge in [-0.1, -0.05) is 30.3 Å². The normalized spacial score (nSPS) is 14.5. The first-order chi connectivity index (χ1) is 13.6. The number of carbonyl (C=O) groups is 2. The number of hydrogen-bond donors (Lipinski definition) is 0. The zero-order valence-electron chi connectivity index (χ0n) is 15.5. The highest BCUT2D eigenvalue weighted by molar-refractivity contribution is 5.82. The van der Waals surface area contributed by atoms with Crippen molar-refractivity contribution in [2.75, 3.05) is 19.7 Å². The van der Waals surface area contributed by atoms with E-state index >= 15 is 0 Å². The number of likely N-dealkylation sites (tertiary alicyclic amines) is 1. The van der Waals surface area contributed by atoms with Crippen LogP contribution in [0.2, 0.25) is 0 Å². The van der Waals surface area contributed by atoms with Crippen molar-refractivity contribution in [3.05, 3.63) is 69.8 Å². The first-order valence-corrected chi connectivity index (χ1v) is 9.25. The lowest BCUT2D eigenvalue weighted by molar-refractivity contribution is -0.384. The van der Waals surface area contributed by atoms with Crippen LogP contribution in [-0.2, 0) is 11.2 Å². The smallest absolute Gasteiger partial charge is 0.270 e. The number of aldehydes is 1. The molecular weight excluding hydrogens is 360 g/mol. The average Bonchev–Trinajstić information content (AvgIpc) is 2.73. The van der Waals surface area contributed by atoms with E-state index in [0.29, 0.717) is 25.3 Å². The Bertz CT molecular complexity index is 845. The minimum atomic E-state index is -0.582. The molecule has 0 saturated carbocycles. The molecule has 2 aromatic carbocycles. The number of benzene rings is 2. The van der Waals surface area contributed by atoms with Gasteiger partial charge in [0.15, 0.2) is 12.9 Å². The summed E-state index contributed by atoms with van der Waals surface area (Å²) in [5.74, 6) is 0.588. The number of carbonyl (C=O) groups excluding carboxylic acids is 2. The summed E-state index contributed by atoms with van der Waals surface area (Å²) in [6.07, 6.45) is 3.39. The van der Waals surface area contributed by atoms with Gasteiger partial charge in [-0.25, -0.2) is 0 Å². The van der Waals surface area contributed by atoms with Crippen LogP contribution in [0.3, 0.4) is 0 Å². The SMILES string of the molecule is O=Cc1cc([N+](=O)[O-])ccc1OCC(=O)N1CCC(Cc2ccccc2)CC1. The standard InChI is InChI=1S/C21H22N2O5/c24-14-18-13-19(23(26)27)6-7-20(18)28-15-21(25)22-10-8-17(9-11-22)12-16-4-2-1-3-5-16/h1-7,13-14,17H,8-12,15H2. The molecule has 7 heteroatoms. The number of non-ortho nitro benzene ring substituents is 1. The van der Waals surface area contributed by atoms with Gasteiger partial charge in [-0.05, 0) is 36.8 Å². The van der Waals surface area contributed by atoms with Gasteiger partial charge in [0.05, 0.1) is 10.5 Å². The maximum absolute atomic E-state index is 12.4. The zero-order chi connectivity index (χ0) is 19.9. The molecule has 1 aliphatic heterocycles.